The van der Waals surface area contributed by atoms with Crippen molar-refractivity contribution in [1.29, 1.82) is 0 Å². The number of aryl methyl sites for hydroxylation is 1. The van der Waals surface area contributed by atoms with Crippen molar-refractivity contribution in [3.8, 4) is 0 Å². The van der Waals surface area contributed by atoms with Gasteiger partial charge in [0.2, 0.25) is 0 Å². The van der Waals surface area contributed by atoms with Crippen molar-refractivity contribution >= 4 is 17.4 Å². The predicted octanol–water partition coefficient (Wildman–Crippen LogP) is 3.78. The van der Waals surface area contributed by atoms with Gasteiger partial charge in [-0.15, -0.1) is 0 Å². The van der Waals surface area contributed by atoms with E-state index in [4.69, 9.17) is 5.11 Å². The maximum absolute atomic E-state index is 11.1. The number of rotatable bonds is 5. The van der Waals surface area contributed by atoms with Crippen molar-refractivity contribution in [2.75, 3.05) is 5.43 Å². The molecule has 0 aromatic heterocycles. The van der Waals surface area contributed by atoms with Gasteiger partial charge in [0, 0.05) is 0 Å². The summed E-state index contributed by atoms with van der Waals surface area (Å²) in [4.78, 5) is 11.1. The van der Waals surface area contributed by atoms with E-state index in [0.717, 1.165) is 17.7 Å². The summed E-state index contributed by atoms with van der Waals surface area (Å²) < 4.78 is 0. The number of hydrazone groups is 1. The van der Waals surface area contributed by atoms with Gasteiger partial charge in [-0.2, -0.15) is 5.10 Å². The lowest BCUT2D eigenvalue weighted by Gasteiger charge is -2.07. The number of benzene rings is 2. The van der Waals surface area contributed by atoms with Crippen molar-refractivity contribution < 1.29 is 9.90 Å². The van der Waals surface area contributed by atoms with Gasteiger partial charge in [0.1, 0.15) is 0 Å². The zero-order valence-electron chi connectivity index (χ0n) is 12.1. The third-order valence-electron chi connectivity index (χ3n) is 3.28. The maximum atomic E-state index is 11.1. The highest BCUT2D eigenvalue weighted by Crippen LogP contribution is 2.15. The molecular formula is C17H18N2O2. The molecule has 0 atom stereocenters. The zero-order chi connectivity index (χ0) is 15.2. The summed E-state index contributed by atoms with van der Waals surface area (Å²) in [5, 5.41) is 13.4. The van der Waals surface area contributed by atoms with Gasteiger partial charge in [0.05, 0.1) is 17.0 Å². The second kappa shape index (κ2) is 6.70. The van der Waals surface area contributed by atoms with Crippen LogP contribution in [0.25, 0.3) is 0 Å². The summed E-state index contributed by atoms with van der Waals surface area (Å²) in [6, 6.07) is 14.9. The normalized spacial score (nSPS) is 11.2. The van der Waals surface area contributed by atoms with Crippen LogP contribution in [0.4, 0.5) is 5.69 Å². The first kappa shape index (κ1) is 14.8. The molecule has 0 aliphatic rings. The fourth-order valence-corrected chi connectivity index (χ4v) is 1.96. The molecule has 4 nitrogen and oxygen atoms in total. The van der Waals surface area contributed by atoms with Gasteiger partial charge < -0.3 is 5.11 Å². The molecule has 2 aromatic rings. The van der Waals surface area contributed by atoms with Crippen molar-refractivity contribution in [2.45, 2.75) is 20.3 Å². The minimum Gasteiger partial charge on any atom is -0.478 e. The van der Waals surface area contributed by atoms with E-state index in [1.807, 2.05) is 19.1 Å². The van der Waals surface area contributed by atoms with Crippen LogP contribution in [0.3, 0.4) is 0 Å². The Morgan fingerprint density at radius 1 is 1.14 bits per heavy atom. The van der Waals surface area contributed by atoms with Gasteiger partial charge in [0.25, 0.3) is 0 Å². The van der Waals surface area contributed by atoms with Gasteiger partial charge in [-0.3, -0.25) is 5.43 Å². The second-order valence-corrected chi connectivity index (χ2v) is 4.71. The summed E-state index contributed by atoms with van der Waals surface area (Å²) in [5.74, 6) is -0.974. The van der Waals surface area contributed by atoms with Crippen molar-refractivity contribution in [3.05, 3.63) is 65.2 Å². The molecule has 0 radical (unpaired) electrons. The summed E-state index contributed by atoms with van der Waals surface area (Å²) in [7, 11) is 0. The number of nitrogens with one attached hydrogen (secondary N) is 1. The zero-order valence-corrected chi connectivity index (χ0v) is 12.1. The predicted molar refractivity (Wildman–Crippen MR) is 85.1 cm³/mol. The fourth-order valence-electron chi connectivity index (χ4n) is 1.96. The molecule has 2 N–H and O–H groups in total. The molecule has 0 heterocycles. The van der Waals surface area contributed by atoms with Crippen molar-refractivity contribution in [2.24, 2.45) is 5.10 Å². The van der Waals surface area contributed by atoms with Crippen LogP contribution in [0.15, 0.2) is 53.6 Å². The minimum absolute atomic E-state index is 0.204. The number of carbonyl (C=O) groups is 1. The van der Waals surface area contributed by atoms with Gasteiger partial charge in [0.15, 0.2) is 0 Å². The second-order valence-electron chi connectivity index (χ2n) is 4.71. The van der Waals surface area contributed by atoms with Crippen LogP contribution >= 0.6 is 0 Å². The number of anilines is 1. The van der Waals surface area contributed by atoms with Gasteiger partial charge in [-0.1, -0.05) is 43.3 Å². The molecule has 2 aromatic carbocycles. The molecule has 21 heavy (non-hydrogen) atoms. The number of carboxylic acid groups (broad SMARTS) is 1. The number of aromatic carboxylic acids is 1. The van der Waals surface area contributed by atoms with E-state index in [1.54, 1.807) is 24.3 Å². The number of para-hydroxylation sites is 1. The van der Waals surface area contributed by atoms with Crippen LogP contribution in [-0.2, 0) is 6.42 Å². The number of hydrogen-bond donors (Lipinski definition) is 2. The van der Waals surface area contributed by atoms with E-state index in [9.17, 15) is 4.79 Å². The third-order valence-corrected chi connectivity index (χ3v) is 3.28. The Kier molecular flexibility index (Phi) is 4.72. The molecule has 0 saturated heterocycles. The molecule has 108 valence electrons. The lowest BCUT2D eigenvalue weighted by atomic mass is 10.1. The van der Waals surface area contributed by atoms with Crippen LogP contribution in [0.5, 0.6) is 0 Å². The molecule has 0 amide bonds. The number of carboxylic acids is 1. The largest absolute Gasteiger partial charge is 0.478 e. The Labute approximate surface area is 124 Å². The maximum Gasteiger partial charge on any atom is 0.337 e. The summed E-state index contributed by atoms with van der Waals surface area (Å²) in [6.07, 6.45) is 1.00. The first-order valence-electron chi connectivity index (χ1n) is 6.83. The Balaban J connectivity index is 2.18. The van der Waals surface area contributed by atoms with E-state index in [0.29, 0.717) is 5.69 Å². The molecule has 0 unspecified atom stereocenters. The molecule has 0 spiro atoms. The molecule has 0 fully saturated rings. The van der Waals surface area contributed by atoms with Crippen LogP contribution < -0.4 is 5.43 Å². The summed E-state index contributed by atoms with van der Waals surface area (Å²) >= 11 is 0. The average molecular weight is 282 g/mol. The Morgan fingerprint density at radius 2 is 1.81 bits per heavy atom. The lowest BCUT2D eigenvalue weighted by molar-refractivity contribution is 0.0698. The van der Waals surface area contributed by atoms with Crippen LogP contribution in [-0.4, -0.2) is 16.8 Å². The molecule has 2 rings (SSSR count). The Bertz CT molecular complexity index is 661. The molecule has 0 saturated carbocycles. The number of hydrogen-bond acceptors (Lipinski definition) is 3. The molecule has 0 aliphatic heterocycles. The molecule has 4 heteroatoms. The van der Waals surface area contributed by atoms with Crippen molar-refractivity contribution in [1.82, 2.24) is 0 Å². The van der Waals surface area contributed by atoms with E-state index >= 15 is 0 Å². The highest BCUT2D eigenvalue weighted by atomic mass is 16.4. The van der Waals surface area contributed by atoms with Crippen LogP contribution in [0.2, 0.25) is 0 Å². The average Bonchev–Trinajstić information content (AvgIpc) is 2.52. The van der Waals surface area contributed by atoms with Crippen LogP contribution in [0, 0.1) is 0 Å². The molecule has 0 aliphatic carbocycles. The minimum atomic E-state index is -0.974. The van der Waals surface area contributed by atoms with E-state index < -0.39 is 5.97 Å². The van der Waals surface area contributed by atoms with E-state index in [1.165, 1.54) is 5.56 Å². The highest BCUT2D eigenvalue weighted by Gasteiger charge is 2.08. The quantitative estimate of drug-likeness (QED) is 0.648. The van der Waals surface area contributed by atoms with Gasteiger partial charge in [-0.25, -0.2) is 4.79 Å². The molecular weight excluding hydrogens is 264 g/mol. The monoisotopic (exact) mass is 282 g/mol. The Hall–Kier alpha value is -2.62. The van der Waals surface area contributed by atoms with E-state index in [2.05, 4.69) is 29.6 Å². The highest BCUT2D eigenvalue weighted by molar-refractivity contribution is 5.99. The van der Waals surface area contributed by atoms with Crippen LogP contribution in [0.1, 0.15) is 35.3 Å². The Morgan fingerprint density at radius 3 is 2.43 bits per heavy atom. The standard InChI is InChI=1S/C17H18N2O2/c1-3-13-8-10-14(11-9-13)12(2)18-19-16-7-5-4-6-15(16)17(20)21/h4-11,19H,3H2,1-2H3,(H,20,21)/b18-12+. The molecule has 0 bridgehead atoms. The summed E-state index contributed by atoms with van der Waals surface area (Å²) in [6.45, 7) is 4.00. The lowest BCUT2D eigenvalue weighted by Crippen LogP contribution is -2.04. The first-order valence-corrected chi connectivity index (χ1v) is 6.83. The van der Waals surface area contributed by atoms with Gasteiger partial charge >= 0.3 is 5.97 Å². The fraction of sp³-hybridized carbons (Fsp3) is 0.176. The third kappa shape index (κ3) is 3.69. The first-order chi connectivity index (χ1) is 10.1. The van der Waals surface area contributed by atoms with Crippen molar-refractivity contribution in [3.63, 3.8) is 0 Å². The smallest absolute Gasteiger partial charge is 0.337 e. The number of nitrogens with zero attached hydrogens (tertiary/aromatic N) is 1. The SMILES string of the molecule is CCc1ccc(/C(C)=N/Nc2ccccc2C(=O)O)cc1. The van der Waals surface area contributed by atoms with Gasteiger partial charge in [-0.05, 0) is 36.6 Å². The topological polar surface area (TPSA) is 61.7 Å². The van der Waals surface area contributed by atoms with E-state index in [-0.39, 0.29) is 5.56 Å². The summed E-state index contributed by atoms with van der Waals surface area (Å²) in [5.41, 5.74) is 6.60.